The molecule has 1 rings (SSSR count). The molecule has 0 atom stereocenters. The van der Waals surface area contributed by atoms with E-state index in [-0.39, 0.29) is 11.5 Å². The maximum absolute atomic E-state index is 9.04. The Morgan fingerprint density at radius 3 is 2.45 bits per heavy atom. The van der Waals surface area contributed by atoms with Crippen LogP contribution >= 0.6 is 0 Å². The van der Waals surface area contributed by atoms with Crippen molar-refractivity contribution < 1.29 is 10.2 Å². The molecule has 0 saturated heterocycles. The van der Waals surface area contributed by atoms with Crippen molar-refractivity contribution in [3.63, 3.8) is 0 Å². The fourth-order valence-electron chi connectivity index (χ4n) is 0.891. The largest absolute Gasteiger partial charge is 0.504 e. The molecule has 0 aliphatic rings. The maximum atomic E-state index is 9.04. The lowest BCUT2D eigenvalue weighted by molar-refractivity contribution is 0.403. The molecule has 11 heavy (non-hydrogen) atoms. The van der Waals surface area contributed by atoms with Crippen LogP contribution in [0.3, 0.4) is 0 Å². The van der Waals surface area contributed by atoms with Crippen LogP contribution in [0.4, 0.5) is 0 Å². The quantitative estimate of drug-likeness (QED) is 0.552. The average molecular weight is 158 g/mol. The van der Waals surface area contributed by atoms with E-state index in [0.29, 0.717) is 13.0 Å². The van der Waals surface area contributed by atoms with Gasteiger partial charge in [0.1, 0.15) is 0 Å². The third-order valence-corrected chi connectivity index (χ3v) is 1.47. The van der Waals surface area contributed by atoms with Gasteiger partial charge in [-0.05, 0) is 30.7 Å². The molecule has 0 amide bonds. The van der Waals surface area contributed by atoms with Gasteiger partial charge in [0.2, 0.25) is 0 Å². The molecule has 0 bridgehead atoms. The summed E-state index contributed by atoms with van der Waals surface area (Å²) in [5, 5.41) is 18.0. The van der Waals surface area contributed by atoms with E-state index >= 15 is 0 Å². The molecule has 0 aliphatic carbocycles. The molecule has 1 aromatic carbocycles. The lowest BCUT2D eigenvalue weighted by atomic mass is 10.4. The summed E-state index contributed by atoms with van der Waals surface area (Å²) in [6.45, 7) is 0.546. The summed E-state index contributed by atoms with van der Waals surface area (Å²) in [7, 11) is 0. The van der Waals surface area contributed by atoms with Crippen LogP contribution in [-0.4, -0.2) is 16.8 Å². The van der Waals surface area contributed by atoms with Crippen LogP contribution in [0.5, 0.6) is 11.5 Å². The van der Waals surface area contributed by atoms with Gasteiger partial charge in [0.05, 0.1) is 0 Å². The highest BCUT2D eigenvalue weighted by Crippen LogP contribution is 2.24. The number of hydrogen-bond donors (Lipinski definition) is 3. The molecule has 3 nitrogen and oxygen atoms in total. The molecule has 0 saturated carbocycles. The van der Waals surface area contributed by atoms with E-state index in [1.165, 1.54) is 12.1 Å². The predicted octanol–water partition coefficient (Wildman–Crippen LogP) is 0.599. The van der Waals surface area contributed by atoms with Gasteiger partial charge < -0.3 is 15.9 Å². The molecule has 3 heteroatoms. The Hall–Kier alpha value is -1.22. The highest BCUT2D eigenvalue weighted by molar-refractivity contribution is 5.40. The van der Waals surface area contributed by atoms with Crippen molar-refractivity contribution >= 4 is 0 Å². The van der Waals surface area contributed by atoms with E-state index in [4.69, 9.17) is 15.9 Å². The van der Waals surface area contributed by atoms with Gasteiger partial charge in [0, 0.05) is 0 Å². The molecule has 4 N–H and O–H groups in total. The smallest absolute Gasteiger partial charge is 0.157 e. The first-order valence-electron chi connectivity index (χ1n) is 3.45. The second-order valence-electron chi connectivity index (χ2n) is 2.36. The lowest BCUT2D eigenvalue weighted by Crippen LogP contribution is -2.02. The zero-order chi connectivity index (χ0) is 8.27. The van der Waals surface area contributed by atoms with Crippen molar-refractivity contribution in [1.82, 2.24) is 0 Å². The van der Waals surface area contributed by atoms with Gasteiger partial charge in [-0.2, -0.15) is 0 Å². The monoisotopic (exact) mass is 158 g/mol. The molecular formula is C8H11NO2. The van der Waals surface area contributed by atoms with Gasteiger partial charge >= 0.3 is 0 Å². The number of benzene rings is 1. The molecular weight excluding hydrogens is 147 g/mol. The molecule has 0 aromatic heterocycles. The molecule has 0 fully saturated rings. The first-order chi connectivity index (χ1) is 5.24. The normalized spacial score (nSPS) is 9.91. The lowest BCUT2D eigenvalue weighted by Gasteiger charge is -2.00. The Morgan fingerprint density at radius 1 is 1.18 bits per heavy atom. The Balaban J connectivity index is 2.86. The molecule has 0 radical (unpaired) electrons. The summed E-state index contributed by atoms with van der Waals surface area (Å²) < 4.78 is 0. The topological polar surface area (TPSA) is 66.5 Å². The van der Waals surface area contributed by atoms with Crippen LogP contribution in [-0.2, 0) is 6.42 Å². The Kier molecular flexibility index (Phi) is 2.33. The number of hydrogen-bond acceptors (Lipinski definition) is 3. The minimum absolute atomic E-state index is 0.0871. The summed E-state index contributed by atoms with van der Waals surface area (Å²) in [5.41, 5.74) is 6.24. The fraction of sp³-hybridized carbons (Fsp3) is 0.250. The summed E-state index contributed by atoms with van der Waals surface area (Å²) in [5.74, 6) is -0.179. The standard InChI is InChI=1S/C8H11NO2/c9-4-3-6-1-2-7(10)8(11)5-6/h1-2,5,10-11H,3-4,9H2/i1+1,2+1,5+1,7+1,8+1. The second-order valence-corrected chi connectivity index (χ2v) is 2.36. The zero-order valence-electron chi connectivity index (χ0n) is 6.12. The Bertz CT molecular complexity index is 248. The minimum Gasteiger partial charge on any atom is -0.504 e. The van der Waals surface area contributed by atoms with Gasteiger partial charge in [0.15, 0.2) is 11.5 Å². The number of nitrogens with two attached hydrogens (primary N) is 1. The van der Waals surface area contributed by atoms with Crippen molar-refractivity contribution in [2.45, 2.75) is 6.42 Å². The second kappa shape index (κ2) is 3.25. The summed E-state index contributed by atoms with van der Waals surface area (Å²) in [4.78, 5) is 0. The van der Waals surface area contributed by atoms with E-state index in [0.717, 1.165) is 5.56 Å². The zero-order valence-corrected chi connectivity index (χ0v) is 6.12. The molecule has 1 aromatic rings. The van der Waals surface area contributed by atoms with Crippen molar-refractivity contribution in [2.24, 2.45) is 5.73 Å². The highest BCUT2D eigenvalue weighted by atomic mass is 16.4. The Labute approximate surface area is 65.1 Å². The summed E-state index contributed by atoms with van der Waals surface area (Å²) in [6, 6.07) is 4.71. The van der Waals surface area contributed by atoms with Crippen LogP contribution < -0.4 is 5.73 Å². The summed E-state index contributed by atoms with van der Waals surface area (Å²) in [6.07, 6.45) is 0.716. The number of phenols is 2. The molecule has 60 valence electrons. The molecule has 0 heterocycles. The third-order valence-electron chi connectivity index (χ3n) is 1.47. The first kappa shape index (κ1) is 7.88. The highest BCUT2D eigenvalue weighted by Gasteiger charge is 1.98. The van der Waals surface area contributed by atoms with Gasteiger partial charge in [0.25, 0.3) is 0 Å². The van der Waals surface area contributed by atoms with Crippen LogP contribution in [0.1, 0.15) is 5.56 Å². The van der Waals surface area contributed by atoms with Gasteiger partial charge in [-0.15, -0.1) is 0 Å². The van der Waals surface area contributed by atoms with Crippen molar-refractivity contribution in [2.75, 3.05) is 6.54 Å². The van der Waals surface area contributed by atoms with Gasteiger partial charge in [-0.25, -0.2) is 0 Å². The maximum Gasteiger partial charge on any atom is 0.157 e. The third kappa shape index (κ3) is 1.85. The number of phenolic OH excluding ortho intramolecular Hbond substituents is 2. The van der Waals surface area contributed by atoms with Crippen LogP contribution in [0.2, 0.25) is 0 Å². The summed E-state index contributed by atoms with van der Waals surface area (Å²) >= 11 is 0. The van der Waals surface area contributed by atoms with Crippen molar-refractivity contribution in [1.29, 1.82) is 0 Å². The predicted molar refractivity (Wildman–Crippen MR) is 42.5 cm³/mol. The number of rotatable bonds is 2. The fourth-order valence-corrected chi connectivity index (χ4v) is 0.891. The van der Waals surface area contributed by atoms with E-state index in [9.17, 15) is 0 Å². The molecule has 0 unspecified atom stereocenters. The van der Waals surface area contributed by atoms with Crippen LogP contribution in [0.25, 0.3) is 0 Å². The molecule has 0 aliphatic heterocycles. The average Bonchev–Trinajstić information content (AvgIpc) is 1.98. The minimum atomic E-state index is -0.0919. The van der Waals surface area contributed by atoms with E-state index in [2.05, 4.69) is 0 Å². The van der Waals surface area contributed by atoms with Crippen LogP contribution in [0, 0.1) is 0 Å². The Morgan fingerprint density at radius 2 is 1.91 bits per heavy atom. The van der Waals surface area contributed by atoms with Crippen molar-refractivity contribution in [3.05, 3.63) is 23.8 Å². The first-order valence-corrected chi connectivity index (χ1v) is 3.45. The van der Waals surface area contributed by atoms with E-state index in [1.807, 2.05) is 0 Å². The van der Waals surface area contributed by atoms with E-state index < -0.39 is 0 Å². The molecule has 0 spiro atoms. The van der Waals surface area contributed by atoms with Gasteiger partial charge in [-0.1, -0.05) is 6.07 Å². The van der Waals surface area contributed by atoms with Crippen molar-refractivity contribution in [3.8, 4) is 11.5 Å². The van der Waals surface area contributed by atoms with Gasteiger partial charge in [-0.3, -0.25) is 0 Å². The number of aromatic hydroxyl groups is 2. The SMILES string of the molecule is NCCc1[13cH][13cH][13c](O)[13c](O)[13cH]1. The van der Waals surface area contributed by atoms with E-state index in [1.54, 1.807) is 6.07 Å². The van der Waals surface area contributed by atoms with Crippen LogP contribution in [0.15, 0.2) is 18.2 Å².